The van der Waals surface area contributed by atoms with Crippen LogP contribution in [-0.4, -0.2) is 68.3 Å². The maximum atomic E-state index is 12.5. The van der Waals surface area contributed by atoms with Crippen LogP contribution < -0.4 is 5.32 Å². The van der Waals surface area contributed by atoms with Gasteiger partial charge in [-0.3, -0.25) is 4.90 Å². The summed E-state index contributed by atoms with van der Waals surface area (Å²) in [7, 11) is 1.72. The van der Waals surface area contributed by atoms with E-state index in [0.29, 0.717) is 0 Å². The zero-order chi connectivity index (χ0) is 18.3. The highest BCUT2D eigenvalue weighted by atomic mass is 16.5. The number of hydrogen-bond donors (Lipinski definition) is 1. The lowest BCUT2D eigenvalue weighted by Crippen LogP contribution is -2.53. The quantitative estimate of drug-likeness (QED) is 0.825. The molecular weight excluding hydrogens is 314 g/mol. The average molecular weight is 348 g/mol. The molecule has 1 heterocycles. The zero-order valence-electron chi connectivity index (χ0n) is 16.1. The van der Waals surface area contributed by atoms with Crippen molar-refractivity contribution in [3.05, 3.63) is 35.9 Å². The van der Waals surface area contributed by atoms with Crippen molar-refractivity contribution in [2.24, 2.45) is 0 Å². The molecule has 2 rings (SSSR count). The summed E-state index contributed by atoms with van der Waals surface area (Å²) >= 11 is 0. The molecule has 1 saturated heterocycles. The van der Waals surface area contributed by atoms with Crippen LogP contribution in [0.2, 0.25) is 0 Å². The van der Waals surface area contributed by atoms with Crippen LogP contribution in [0.5, 0.6) is 0 Å². The Balaban J connectivity index is 1.79. The van der Waals surface area contributed by atoms with Gasteiger partial charge in [-0.1, -0.05) is 44.2 Å². The van der Waals surface area contributed by atoms with Gasteiger partial charge in [0.1, 0.15) is 0 Å². The van der Waals surface area contributed by atoms with Crippen LogP contribution in [0, 0.1) is 0 Å². The molecule has 1 aliphatic heterocycles. The van der Waals surface area contributed by atoms with Gasteiger partial charge in [-0.15, -0.1) is 0 Å². The second-order valence-corrected chi connectivity index (χ2v) is 7.63. The Morgan fingerprint density at radius 2 is 1.84 bits per heavy atom. The van der Waals surface area contributed by atoms with Crippen molar-refractivity contribution in [1.29, 1.82) is 0 Å². The van der Waals surface area contributed by atoms with Crippen LogP contribution in [0.4, 0.5) is 4.79 Å². The maximum absolute atomic E-state index is 12.5. The lowest BCUT2D eigenvalue weighted by Gasteiger charge is -2.36. The van der Waals surface area contributed by atoms with E-state index in [2.05, 4.69) is 55.3 Å². The number of carbonyl (C=O) groups is 1. The predicted molar refractivity (Wildman–Crippen MR) is 102 cm³/mol. The van der Waals surface area contributed by atoms with Crippen molar-refractivity contribution in [2.75, 3.05) is 46.4 Å². The molecule has 0 radical (unpaired) electrons. The van der Waals surface area contributed by atoms with E-state index in [-0.39, 0.29) is 17.5 Å². The third kappa shape index (κ3) is 6.01. The summed E-state index contributed by atoms with van der Waals surface area (Å²) in [5, 5.41) is 3.18. The Kier molecular flexibility index (Phi) is 7.26. The molecule has 1 aromatic carbocycles. The fourth-order valence-corrected chi connectivity index (χ4v) is 3.52. The van der Waals surface area contributed by atoms with Crippen molar-refractivity contribution < 1.29 is 9.53 Å². The normalized spacial score (nSPS) is 17.4. The highest BCUT2D eigenvalue weighted by Crippen LogP contribution is 2.28. The summed E-state index contributed by atoms with van der Waals surface area (Å²) in [4.78, 5) is 16.8. The first kappa shape index (κ1) is 19.7. The third-order valence-electron chi connectivity index (χ3n) is 5.01. The van der Waals surface area contributed by atoms with Gasteiger partial charge in [-0.05, 0) is 24.3 Å². The van der Waals surface area contributed by atoms with E-state index < -0.39 is 0 Å². The van der Waals surface area contributed by atoms with E-state index >= 15 is 0 Å². The number of nitrogens with one attached hydrogen (secondary N) is 1. The van der Waals surface area contributed by atoms with Crippen molar-refractivity contribution >= 4 is 6.03 Å². The number of hydrogen-bond acceptors (Lipinski definition) is 3. The van der Waals surface area contributed by atoms with Crippen LogP contribution in [0.1, 0.15) is 32.8 Å². The van der Waals surface area contributed by atoms with Gasteiger partial charge >= 0.3 is 6.03 Å². The van der Waals surface area contributed by atoms with E-state index in [0.717, 1.165) is 45.8 Å². The molecule has 5 heteroatoms. The topological polar surface area (TPSA) is 44.8 Å². The molecule has 1 fully saturated rings. The molecular formula is C20H33N3O2. The first-order valence-electron chi connectivity index (χ1n) is 9.24. The van der Waals surface area contributed by atoms with Gasteiger partial charge in [0, 0.05) is 45.9 Å². The van der Waals surface area contributed by atoms with Crippen LogP contribution in [0.25, 0.3) is 0 Å². The van der Waals surface area contributed by atoms with E-state index in [1.54, 1.807) is 7.11 Å². The zero-order valence-corrected chi connectivity index (χ0v) is 16.1. The minimum Gasteiger partial charge on any atom is -0.383 e. The Labute approximate surface area is 152 Å². The predicted octanol–water partition coefficient (Wildman–Crippen LogP) is 2.72. The fourth-order valence-electron chi connectivity index (χ4n) is 3.52. The van der Waals surface area contributed by atoms with Gasteiger partial charge in [-0.2, -0.15) is 0 Å². The van der Waals surface area contributed by atoms with E-state index in [4.69, 9.17) is 4.74 Å². The molecule has 1 aliphatic rings. The van der Waals surface area contributed by atoms with E-state index in [9.17, 15) is 4.79 Å². The number of urea groups is 1. The minimum atomic E-state index is 0.0345. The summed E-state index contributed by atoms with van der Waals surface area (Å²) in [6.45, 7) is 11.7. The lowest BCUT2D eigenvalue weighted by atomic mass is 9.79. The Bertz CT molecular complexity index is 525. The van der Waals surface area contributed by atoms with Gasteiger partial charge in [0.15, 0.2) is 0 Å². The number of ether oxygens (including phenoxy) is 1. The standard InChI is InChI=1S/C20H33N3O2/c1-17(16-20(2,3)18-8-6-5-7-9-18)21-19(24)23-12-10-22(11-13-23)14-15-25-4/h5-9,17H,10-16H2,1-4H3,(H,21,24)/t17-/m1/s1. The molecule has 1 aromatic rings. The molecule has 0 aliphatic carbocycles. The summed E-state index contributed by atoms with van der Waals surface area (Å²) in [5.74, 6) is 0. The molecule has 0 spiro atoms. The minimum absolute atomic E-state index is 0.0345. The van der Waals surface area contributed by atoms with E-state index in [1.807, 2.05) is 11.0 Å². The highest BCUT2D eigenvalue weighted by molar-refractivity contribution is 5.74. The fraction of sp³-hybridized carbons (Fsp3) is 0.650. The summed E-state index contributed by atoms with van der Waals surface area (Å²) in [6, 6.07) is 10.7. The van der Waals surface area contributed by atoms with Gasteiger partial charge < -0.3 is 15.0 Å². The van der Waals surface area contributed by atoms with Crippen LogP contribution in [0.15, 0.2) is 30.3 Å². The molecule has 2 amide bonds. The van der Waals surface area contributed by atoms with Crippen LogP contribution >= 0.6 is 0 Å². The largest absolute Gasteiger partial charge is 0.383 e. The molecule has 1 atom stereocenters. The number of methoxy groups -OCH3 is 1. The second-order valence-electron chi connectivity index (χ2n) is 7.63. The van der Waals surface area contributed by atoms with Crippen molar-refractivity contribution in [3.8, 4) is 0 Å². The number of amides is 2. The maximum Gasteiger partial charge on any atom is 0.317 e. The van der Waals surface area contributed by atoms with Gasteiger partial charge in [0.05, 0.1) is 6.61 Å². The van der Waals surface area contributed by atoms with Crippen LogP contribution in [0.3, 0.4) is 0 Å². The molecule has 1 N–H and O–H groups in total. The summed E-state index contributed by atoms with van der Waals surface area (Å²) < 4.78 is 5.12. The smallest absolute Gasteiger partial charge is 0.317 e. The van der Waals surface area contributed by atoms with Crippen LogP contribution in [-0.2, 0) is 10.2 Å². The molecule has 0 unspecified atom stereocenters. The summed E-state index contributed by atoms with van der Waals surface area (Å²) in [5.41, 5.74) is 1.34. The monoisotopic (exact) mass is 347 g/mol. The first-order valence-corrected chi connectivity index (χ1v) is 9.24. The van der Waals surface area contributed by atoms with Crippen molar-refractivity contribution in [2.45, 2.75) is 38.6 Å². The molecule has 0 aromatic heterocycles. The molecule has 140 valence electrons. The Morgan fingerprint density at radius 1 is 1.20 bits per heavy atom. The lowest BCUT2D eigenvalue weighted by molar-refractivity contribution is 0.105. The van der Waals surface area contributed by atoms with Gasteiger partial charge in [0.25, 0.3) is 0 Å². The number of rotatable bonds is 7. The first-order chi connectivity index (χ1) is 11.9. The number of benzene rings is 1. The molecule has 25 heavy (non-hydrogen) atoms. The molecule has 5 nitrogen and oxygen atoms in total. The highest BCUT2D eigenvalue weighted by Gasteiger charge is 2.26. The number of piperazine rings is 1. The van der Waals surface area contributed by atoms with E-state index in [1.165, 1.54) is 5.56 Å². The molecule has 0 saturated carbocycles. The molecule has 0 bridgehead atoms. The van der Waals surface area contributed by atoms with Crippen molar-refractivity contribution in [1.82, 2.24) is 15.1 Å². The van der Waals surface area contributed by atoms with Gasteiger partial charge in [0.2, 0.25) is 0 Å². The van der Waals surface area contributed by atoms with Gasteiger partial charge in [-0.25, -0.2) is 4.79 Å². The average Bonchev–Trinajstić information content (AvgIpc) is 2.60. The number of carbonyl (C=O) groups excluding carboxylic acids is 1. The second kappa shape index (κ2) is 9.20. The third-order valence-corrected chi connectivity index (χ3v) is 5.01. The SMILES string of the molecule is COCCN1CCN(C(=O)N[C@H](C)CC(C)(C)c2ccccc2)CC1. The Hall–Kier alpha value is -1.59. The number of nitrogens with zero attached hydrogens (tertiary/aromatic N) is 2. The van der Waals surface area contributed by atoms with Crippen molar-refractivity contribution in [3.63, 3.8) is 0 Å². The summed E-state index contributed by atoms with van der Waals surface area (Å²) in [6.07, 6.45) is 0.913. The Morgan fingerprint density at radius 3 is 2.44 bits per heavy atom.